The van der Waals surface area contributed by atoms with Crippen LogP contribution in [0.5, 0.6) is 0 Å². The summed E-state index contributed by atoms with van der Waals surface area (Å²) in [6.07, 6.45) is -1.39. The first kappa shape index (κ1) is 14.3. The predicted molar refractivity (Wildman–Crippen MR) is 61.7 cm³/mol. The highest BCUT2D eigenvalue weighted by atomic mass is 19.3. The molecule has 0 aliphatic rings. The van der Waals surface area contributed by atoms with Crippen molar-refractivity contribution in [2.24, 2.45) is 0 Å². The number of carbonyl (C=O) groups is 2. The highest BCUT2D eigenvalue weighted by molar-refractivity contribution is 5.89. The van der Waals surface area contributed by atoms with Crippen LogP contribution in [0.15, 0.2) is 18.2 Å². The SMILES string of the molecule is CCOC(=O)c1cc(CCC=O)cc(C(F)F)c1. The molecule has 1 aromatic rings. The molecular formula is C13H14F2O3. The summed E-state index contributed by atoms with van der Waals surface area (Å²) in [4.78, 5) is 21.8. The Morgan fingerprint density at radius 3 is 2.67 bits per heavy atom. The molecule has 0 atom stereocenters. The Balaban J connectivity index is 3.05. The van der Waals surface area contributed by atoms with Gasteiger partial charge in [-0.15, -0.1) is 0 Å². The van der Waals surface area contributed by atoms with Crippen LogP contribution < -0.4 is 0 Å². The van der Waals surface area contributed by atoms with Gasteiger partial charge in [-0.05, 0) is 31.0 Å². The van der Waals surface area contributed by atoms with Crippen LogP contribution in [0.2, 0.25) is 0 Å². The van der Waals surface area contributed by atoms with E-state index in [4.69, 9.17) is 4.74 Å². The van der Waals surface area contributed by atoms with Crippen molar-refractivity contribution in [2.45, 2.75) is 26.2 Å². The second-order valence-electron chi connectivity index (χ2n) is 3.69. The largest absolute Gasteiger partial charge is 0.462 e. The van der Waals surface area contributed by atoms with Gasteiger partial charge >= 0.3 is 5.97 Å². The van der Waals surface area contributed by atoms with Gasteiger partial charge in [-0.3, -0.25) is 0 Å². The van der Waals surface area contributed by atoms with Gasteiger partial charge in [0.2, 0.25) is 0 Å². The molecule has 0 radical (unpaired) electrons. The fourth-order valence-electron chi connectivity index (χ4n) is 1.55. The second-order valence-corrected chi connectivity index (χ2v) is 3.69. The fourth-order valence-corrected chi connectivity index (χ4v) is 1.55. The first-order valence-electron chi connectivity index (χ1n) is 5.61. The Bertz CT molecular complexity index is 430. The lowest BCUT2D eigenvalue weighted by atomic mass is 10.0. The Morgan fingerprint density at radius 1 is 1.39 bits per heavy atom. The quantitative estimate of drug-likeness (QED) is 0.580. The van der Waals surface area contributed by atoms with Crippen LogP contribution in [-0.2, 0) is 16.0 Å². The zero-order valence-corrected chi connectivity index (χ0v) is 9.99. The van der Waals surface area contributed by atoms with Gasteiger partial charge in [0.05, 0.1) is 12.2 Å². The average Bonchev–Trinajstić information content (AvgIpc) is 2.36. The summed E-state index contributed by atoms with van der Waals surface area (Å²) in [6.45, 7) is 1.82. The molecular weight excluding hydrogens is 242 g/mol. The number of hydrogen-bond donors (Lipinski definition) is 0. The van der Waals surface area contributed by atoms with Crippen LogP contribution in [-0.4, -0.2) is 18.9 Å². The summed E-state index contributed by atoms with van der Waals surface area (Å²) in [5.41, 5.74) is 0.389. The van der Waals surface area contributed by atoms with Crippen LogP contribution in [0, 0.1) is 0 Å². The zero-order valence-electron chi connectivity index (χ0n) is 9.99. The van der Waals surface area contributed by atoms with Crippen LogP contribution in [0.3, 0.4) is 0 Å². The molecule has 1 rings (SSSR count). The molecule has 0 saturated carbocycles. The van der Waals surface area contributed by atoms with E-state index in [-0.39, 0.29) is 24.2 Å². The molecule has 1 aromatic carbocycles. The number of rotatable bonds is 6. The van der Waals surface area contributed by atoms with Crippen molar-refractivity contribution in [3.05, 3.63) is 34.9 Å². The summed E-state index contributed by atoms with van der Waals surface area (Å²) in [6, 6.07) is 3.90. The third kappa shape index (κ3) is 3.91. The lowest BCUT2D eigenvalue weighted by Gasteiger charge is -2.08. The summed E-state index contributed by atoms with van der Waals surface area (Å²) in [7, 11) is 0. The number of halogens is 2. The van der Waals surface area contributed by atoms with Crippen molar-refractivity contribution >= 4 is 12.3 Å². The minimum absolute atomic E-state index is 0.0931. The van der Waals surface area contributed by atoms with Gasteiger partial charge in [-0.2, -0.15) is 0 Å². The lowest BCUT2D eigenvalue weighted by molar-refractivity contribution is -0.107. The highest BCUT2D eigenvalue weighted by Crippen LogP contribution is 2.22. The molecule has 0 aliphatic carbocycles. The number of alkyl halides is 2. The van der Waals surface area contributed by atoms with E-state index in [0.29, 0.717) is 18.3 Å². The van der Waals surface area contributed by atoms with E-state index in [1.54, 1.807) is 6.92 Å². The van der Waals surface area contributed by atoms with Crippen LogP contribution in [0.1, 0.15) is 41.3 Å². The Kier molecular flexibility index (Phi) is 5.42. The maximum Gasteiger partial charge on any atom is 0.338 e. The van der Waals surface area contributed by atoms with Gasteiger partial charge < -0.3 is 9.53 Å². The molecule has 0 aromatic heterocycles. The van der Waals surface area contributed by atoms with Crippen molar-refractivity contribution in [2.75, 3.05) is 6.61 Å². The lowest BCUT2D eigenvalue weighted by Crippen LogP contribution is -2.06. The maximum atomic E-state index is 12.7. The molecule has 3 nitrogen and oxygen atoms in total. The molecule has 0 spiro atoms. The fraction of sp³-hybridized carbons (Fsp3) is 0.385. The van der Waals surface area contributed by atoms with Gasteiger partial charge in [-0.1, -0.05) is 6.07 Å². The van der Waals surface area contributed by atoms with Crippen LogP contribution in [0.25, 0.3) is 0 Å². The van der Waals surface area contributed by atoms with E-state index >= 15 is 0 Å². The second kappa shape index (κ2) is 6.83. The van der Waals surface area contributed by atoms with E-state index in [1.165, 1.54) is 12.1 Å². The highest BCUT2D eigenvalue weighted by Gasteiger charge is 2.14. The molecule has 0 amide bonds. The third-order valence-corrected chi connectivity index (χ3v) is 2.33. The molecule has 18 heavy (non-hydrogen) atoms. The molecule has 5 heteroatoms. The average molecular weight is 256 g/mol. The van der Waals surface area contributed by atoms with Gasteiger partial charge in [0, 0.05) is 12.0 Å². The third-order valence-electron chi connectivity index (χ3n) is 2.33. The minimum Gasteiger partial charge on any atom is -0.462 e. The standard InChI is InChI=1S/C13H14F2O3/c1-2-18-13(17)11-7-9(4-3-5-16)6-10(8-11)12(14)15/h5-8,12H,2-4H2,1H3. The summed E-state index contributed by atoms with van der Waals surface area (Å²) in [5, 5.41) is 0. The molecule has 0 N–H and O–H groups in total. The van der Waals surface area contributed by atoms with Crippen molar-refractivity contribution in [3.63, 3.8) is 0 Å². The minimum atomic E-state index is -2.66. The van der Waals surface area contributed by atoms with Crippen molar-refractivity contribution < 1.29 is 23.1 Å². The van der Waals surface area contributed by atoms with Gasteiger partial charge in [0.15, 0.2) is 0 Å². The molecule has 98 valence electrons. The van der Waals surface area contributed by atoms with Crippen molar-refractivity contribution in [3.8, 4) is 0 Å². The number of aryl methyl sites for hydroxylation is 1. The van der Waals surface area contributed by atoms with Crippen molar-refractivity contribution in [1.82, 2.24) is 0 Å². The number of hydrogen-bond acceptors (Lipinski definition) is 3. The number of benzene rings is 1. The summed E-state index contributed by atoms with van der Waals surface area (Å²) < 4.78 is 30.1. The zero-order chi connectivity index (χ0) is 13.5. The molecule has 0 fully saturated rings. The molecule has 0 aliphatic heterocycles. The first-order valence-corrected chi connectivity index (χ1v) is 5.61. The Labute approximate surface area is 104 Å². The maximum absolute atomic E-state index is 12.7. The smallest absolute Gasteiger partial charge is 0.338 e. The van der Waals surface area contributed by atoms with E-state index in [9.17, 15) is 18.4 Å². The monoisotopic (exact) mass is 256 g/mol. The van der Waals surface area contributed by atoms with Crippen LogP contribution >= 0.6 is 0 Å². The predicted octanol–water partition coefficient (Wildman–Crippen LogP) is 2.93. The summed E-state index contributed by atoms with van der Waals surface area (Å²) >= 11 is 0. The normalized spacial score (nSPS) is 10.4. The van der Waals surface area contributed by atoms with E-state index in [0.717, 1.165) is 6.07 Å². The Hall–Kier alpha value is -1.78. The molecule has 0 heterocycles. The van der Waals surface area contributed by atoms with E-state index in [1.807, 2.05) is 0 Å². The number of carbonyl (C=O) groups excluding carboxylic acids is 2. The Morgan fingerprint density at radius 2 is 2.11 bits per heavy atom. The number of esters is 1. The summed E-state index contributed by atoms with van der Waals surface area (Å²) in [5.74, 6) is -0.632. The number of aldehydes is 1. The van der Waals surface area contributed by atoms with E-state index < -0.39 is 12.4 Å². The van der Waals surface area contributed by atoms with Gasteiger partial charge in [-0.25, -0.2) is 13.6 Å². The van der Waals surface area contributed by atoms with Crippen LogP contribution in [0.4, 0.5) is 8.78 Å². The van der Waals surface area contributed by atoms with Gasteiger partial charge in [0.25, 0.3) is 6.43 Å². The van der Waals surface area contributed by atoms with E-state index in [2.05, 4.69) is 0 Å². The number of ether oxygens (including phenoxy) is 1. The molecule has 0 bridgehead atoms. The molecule has 0 unspecified atom stereocenters. The van der Waals surface area contributed by atoms with Crippen molar-refractivity contribution in [1.29, 1.82) is 0 Å². The topological polar surface area (TPSA) is 43.4 Å². The molecule has 0 saturated heterocycles. The van der Waals surface area contributed by atoms with Gasteiger partial charge in [0.1, 0.15) is 6.29 Å². The first-order chi connectivity index (χ1) is 8.58.